The second-order valence-corrected chi connectivity index (χ2v) is 10.6. The van der Waals surface area contributed by atoms with Gasteiger partial charge in [-0.1, -0.05) is 70.4 Å². The van der Waals surface area contributed by atoms with Gasteiger partial charge in [-0.2, -0.15) is 8.42 Å². The number of quaternary nitrogens is 1. The van der Waals surface area contributed by atoms with Crippen LogP contribution in [-0.2, 0) is 29.2 Å². The van der Waals surface area contributed by atoms with E-state index in [-0.39, 0.29) is 18.6 Å². The van der Waals surface area contributed by atoms with E-state index in [1.807, 2.05) is 0 Å². The van der Waals surface area contributed by atoms with Crippen LogP contribution in [0.4, 0.5) is 0 Å². The Labute approximate surface area is 217 Å². The maximum Gasteiger partial charge on any atom is 0.327 e. The predicted octanol–water partition coefficient (Wildman–Crippen LogP) is 5.18. The van der Waals surface area contributed by atoms with Gasteiger partial charge in [0.2, 0.25) is 5.91 Å². The zero-order valence-electron chi connectivity index (χ0n) is 22.4. The van der Waals surface area contributed by atoms with E-state index in [2.05, 4.69) is 24.4 Å². The van der Waals surface area contributed by atoms with Crippen molar-refractivity contribution in [1.82, 2.24) is 11.5 Å². The first-order valence-electron chi connectivity index (χ1n) is 12.9. The maximum atomic E-state index is 11.9. The summed E-state index contributed by atoms with van der Waals surface area (Å²) in [4.78, 5) is 34.5. The summed E-state index contributed by atoms with van der Waals surface area (Å²) in [6, 6.07) is 0. The highest BCUT2D eigenvalue weighted by atomic mass is 32.2. The van der Waals surface area contributed by atoms with Crippen LogP contribution < -0.4 is 11.5 Å². The molecule has 0 aromatic rings. The van der Waals surface area contributed by atoms with Gasteiger partial charge in [-0.25, -0.2) is 0 Å². The number of aliphatic carboxylic acids is 1. The van der Waals surface area contributed by atoms with Crippen molar-refractivity contribution < 1.29 is 37.2 Å². The van der Waals surface area contributed by atoms with E-state index in [4.69, 9.17) is 14.4 Å². The van der Waals surface area contributed by atoms with Crippen molar-refractivity contribution in [2.45, 2.75) is 122 Å². The molecule has 0 saturated carbocycles. The smallest absolute Gasteiger partial charge is 0.327 e. The van der Waals surface area contributed by atoms with Gasteiger partial charge in [0.1, 0.15) is 6.10 Å². The average molecular weight is 538 g/mol. The summed E-state index contributed by atoms with van der Waals surface area (Å²) in [7, 11) is -4.92. The molecule has 0 aliphatic rings. The summed E-state index contributed by atoms with van der Waals surface area (Å²) in [5, 5.41) is 9.10. The highest BCUT2D eigenvalue weighted by Gasteiger charge is 2.35. The molecular weight excluding hydrogens is 488 g/mol. The normalized spacial score (nSPS) is 13.1. The third-order valence-electron chi connectivity index (χ3n) is 5.55. The van der Waals surface area contributed by atoms with Crippen LogP contribution in [0.2, 0.25) is 0 Å². The highest BCUT2D eigenvalue weighted by molar-refractivity contribution is 7.87. The number of allylic oxidation sites excluding steroid dienone is 2. The molecule has 0 saturated heterocycles. The molecule has 11 heteroatoms. The van der Waals surface area contributed by atoms with Crippen molar-refractivity contribution in [2.24, 2.45) is 0 Å². The molecule has 2 unspecified atom stereocenters. The minimum atomic E-state index is -4.92. The summed E-state index contributed by atoms with van der Waals surface area (Å²) in [6.45, 7) is 3.62. The number of esters is 1. The van der Waals surface area contributed by atoms with Crippen LogP contribution in [0, 0.1) is 0 Å². The predicted molar refractivity (Wildman–Crippen MR) is 142 cm³/mol. The van der Waals surface area contributed by atoms with Crippen LogP contribution in [0.25, 0.3) is 0 Å². The summed E-state index contributed by atoms with van der Waals surface area (Å²) >= 11 is 0. The minimum Gasteiger partial charge on any atom is -0.481 e. The fourth-order valence-electron chi connectivity index (χ4n) is 3.49. The van der Waals surface area contributed by atoms with Gasteiger partial charge in [0.05, 0.1) is 13.0 Å². The third-order valence-corrected chi connectivity index (χ3v) is 6.63. The van der Waals surface area contributed by atoms with Gasteiger partial charge in [0.25, 0.3) is 10.1 Å². The van der Waals surface area contributed by atoms with E-state index in [9.17, 15) is 22.8 Å². The van der Waals surface area contributed by atoms with Gasteiger partial charge in [0.15, 0.2) is 5.25 Å². The van der Waals surface area contributed by atoms with Crippen molar-refractivity contribution in [2.75, 3.05) is 6.54 Å². The fourth-order valence-corrected chi connectivity index (χ4v) is 4.14. The lowest BCUT2D eigenvalue weighted by molar-refractivity contribution is -0.151. The van der Waals surface area contributed by atoms with Gasteiger partial charge in [0, 0.05) is 6.42 Å². The van der Waals surface area contributed by atoms with Crippen molar-refractivity contribution in [3.8, 4) is 0 Å². The van der Waals surface area contributed by atoms with Crippen molar-refractivity contribution in [3.63, 3.8) is 0 Å². The van der Waals surface area contributed by atoms with Gasteiger partial charge in [-0.3, -0.25) is 18.9 Å². The van der Waals surface area contributed by atoms with Crippen LogP contribution in [0.15, 0.2) is 12.2 Å². The molecule has 212 valence electrons. The number of carboxylic acid groups (broad SMARTS) is 1. The number of carboxylic acids is 1. The van der Waals surface area contributed by atoms with E-state index in [1.54, 1.807) is 0 Å². The Bertz CT molecular complexity index is 740. The summed E-state index contributed by atoms with van der Waals surface area (Å²) in [6.07, 6.45) is 18.1. The summed E-state index contributed by atoms with van der Waals surface area (Å²) < 4.78 is 36.3. The molecule has 0 fully saturated rings. The zero-order chi connectivity index (χ0) is 26.5. The number of unbranched alkanes of at least 4 members (excludes halogenated alkanes) is 11. The van der Waals surface area contributed by atoms with E-state index in [0.717, 1.165) is 38.5 Å². The van der Waals surface area contributed by atoms with Gasteiger partial charge in [-0.05, 0) is 39.0 Å². The molecule has 0 radical (unpaired) electrons. The van der Waals surface area contributed by atoms with E-state index >= 15 is 0 Å². The second kappa shape index (κ2) is 22.2. The molecule has 0 aromatic heterocycles. The topological polar surface area (TPSA) is 184 Å². The molecule has 1 amide bonds. The first-order valence-corrected chi connectivity index (χ1v) is 14.4. The van der Waals surface area contributed by atoms with Crippen molar-refractivity contribution in [3.05, 3.63) is 12.2 Å². The molecule has 0 aliphatic carbocycles. The van der Waals surface area contributed by atoms with Crippen molar-refractivity contribution >= 4 is 28.0 Å². The molecule has 0 rings (SSSR count). The lowest BCUT2D eigenvalue weighted by Gasteiger charge is -2.17. The molecule has 10 nitrogen and oxygen atoms in total. The number of carbonyl (C=O) groups excluding carboxylic acids is 2. The lowest BCUT2D eigenvalue weighted by Crippen LogP contribution is -2.39. The fraction of sp³-hybridized carbons (Fsp3) is 0.800. The number of ether oxygens (including phenoxy) is 1. The lowest BCUT2D eigenvalue weighted by atomic mass is 10.1. The van der Waals surface area contributed by atoms with Crippen LogP contribution >= 0.6 is 0 Å². The van der Waals surface area contributed by atoms with Gasteiger partial charge < -0.3 is 21.3 Å². The third kappa shape index (κ3) is 21.3. The summed E-state index contributed by atoms with van der Waals surface area (Å²) in [5.74, 6) is -3.14. The summed E-state index contributed by atoms with van der Waals surface area (Å²) in [5.41, 5.74) is 0. The monoisotopic (exact) mass is 537 g/mol. The minimum absolute atomic E-state index is 0. The number of amides is 1. The number of hydrogen-bond donors (Lipinski definition) is 4. The first kappa shape index (κ1) is 36.2. The molecule has 0 heterocycles. The Hall–Kier alpha value is -1.98. The molecule has 2 atom stereocenters. The molecule has 7 N–H and O–H groups in total. The average Bonchev–Trinajstić information content (AvgIpc) is 2.77. The Morgan fingerprint density at radius 2 is 1.39 bits per heavy atom. The van der Waals surface area contributed by atoms with E-state index in [1.165, 1.54) is 51.9 Å². The standard InChI is InChI=1S/C25H45NO8S.H3N/c1-3-4-5-6-7-8-9-10-11-12-13-14-15-16-17-18-23(27)26-20-21(2)34-25(30)22(19-24(28)29)35(31,32)33;/h10-11,21-22H,3-9,12-20H2,1-2H3,(H,26,27)(H,28,29)(H,31,32,33);1H3/p+1/b11-10-;. The van der Waals surface area contributed by atoms with Gasteiger partial charge >= 0.3 is 11.9 Å². The molecule has 0 aliphatic heterocycles. The van der Waals surface area contributed by atoms with Crippen molar-refractivity contribution in [1.29, 1.82) is 0 Å². The Kier molecular flexibility index (Phi) is 22.3. The first-order chi connectivity index (χ1) is 16.6. The van der Waals surface area contributed by atoms with Gasteiger partial charge in [-0.15, -0.1) is 0 Å². The Morgan fingerprint density at radius 1 is 0.889 bits per heavy atom. The Morgan fingerprint density at radius 3 is 1.89 bits per heavy atom. The molecule has 0 bridgehead atoms. The largest absolute Gasteiger partial charge is 0.481 e. The van der Waals surface area contributed by atoms with E-state index < -0.39 is 39.8 Å². The molecular formula is C25H49N2O8S+. The van der Waals surface area contributed by atoms with Crippen LogP contribution in [0.5, 0.6) is 0 Å². The molecule has 0 spiro atoms. The van der Waals surface area contributed by atoms with Crippen LogP contribution in [-0.4, -0.2) is 53.8 Å². The molecule has 0 aromatic carbocycles. The highest BCUT2D eigenvalue weighted by Crippen LogP contribution is 2.11. The second-order valence-electron chi connectivity index (χ2n) is 8.99. The molecule has 36 heavy (non-hydrogen) atoms. The van der Waals surface area contributed by atoms with E-state index in [0.29, 0.717) is 6.42 Å². The number of carbonyl (C=O) groups is 3. The number of hydrogen-bond acceptors (Lipinski definition) is 6. The quantitative estimate of drug-likeness (QED) is 0.0630. The number of rotatable bonds is 22. The maximum absolute atomic E-state index is 11.9. The van der Waals surface area contributed by atoms with Crippen LogP contribution in [0.3, 0.4) is 0 Å². The van der Waals surface area contributed by atoms with Crippen LogP contribution in [0.1, 0.15) is 110 Å². The zero-order valence-corrected chi connectivity index (χ0v) is 23.2. The SMILES string of the molecule is CCCCCCCC/C=C\CCCCCCCC(=O)NCC(C)OC(=O)C(CC(=O)O)S(=O)(=O)O.[NH4+]. The Balaban J connectivity index is 0. The number of nitrogens with one attached hydrogen (secondary N) is 1.